The van der Waals surface area contributed by atoms with Gasteiger partial charge in [0, 0.05) is 30.8 Å². The molecular weight excluding hydrogens is 361 g/mol. The highest BCUT2D eigenvalue weighted by Gasteiger charge is 2.29. The number of benzene rings is 1. The van der Waals surface area contributed by atoms with Crippen LogP contribution in [0.3, 0.4) is 0 Å². The van der Waals surface area contributed by atoms with Crippen LogP contribution in [0.1, 0.15) is 12.0 Å². The molecule has 1 aliphatic heterocycles. The van der Waals surface area contributed by atoms with Crippen LogP contribution in [0.25, 0.3) is 5.69 Å². The third-order valence-electron chi connectivity index (χ3n) is 4.18. The van der Waals surface area contributed by atoms with Gasteiger partial charge in [-0.25, -0.2) is 22.2 Å². The summed E-state index contributed by atoms with van der Waals surface area (Å²) in [5, 5.41) is 4.15. The Morgan fingerprint density at radius 1 is 1.46 bits per heavy atom. The number of hydrogen-bond donors (Lipinski definition) is 1. The van der Waals surface area contributed by atoms with Crippen molar-refractivity contribution in [1.29, 1.82) is 0 Å². The average molecular weight is 383 g/mol. The van der Waals surface area contributed by atoms with Crippen LogP contribution in [0.2, 0.25) is 0 Å². The standard InChI is InChI=1S/C17H22FN3O4S/c1-12-8-19-21(9-12)14-3-4-17(15(18)7-14)25-11-13-10-24-6-5-16(13)20-26(2,22)23/h3-4,7-9,13,16,20H,5-6,10-11H2,1-2H3/t13-,16+/m1/s1. The van der Waals surface area contributed by atoms with Crippen molar-refractivity contribution < 1.29 is 22.3 Å². The summed E-state index contributed by atoms with van der Waals surface area (Å²) in [5.74, 6) is -0.576. The molecule has 9 heteroatoms. The number of hydrogen-bond acceptors (Lipinski definition) is 5. The maximum absolute atomic E-state index is 14.4. The van der Waals surface area contributed by atoms with Gasteiger partial charge in [-0.05, 0) is 31.0 Å². The molecule has 1 aromatic heterocycles. The Labute approximate surface area is 152 Å². The number of aromatic nitrogens is 2. The summed E-state index contributed by atoms with van der Waals surface area (Å²) in [5.41, 5.74) is 1.58. The first-order valence-corrected chi connectivity index (χ1v) is 10.2. The number of nitrogens with zero attached hydrogens (tertiary/aromatic N) is 2. The highest BCUT2D eigenvalue weighted by molar-refractivity contribution is 7.88. The normalized spacial score (nSPS) is 20.9. The van der Waals surface area contributed by atoms with E-state index < -0.39 is 15.8 Å². The minimum atomic E-state index is -3.33. The molecule has 0 amide bonds. The van der Waals surface area contributed by atoms with Crippen LogP contribution in [0.15, 0.2) is 30.6 Å². The van der Waals surface area contributed by atoms with Crippen molar-refractivity contribution in [2.75, 3.05) is 26.1 Å². The molecule has 3 rings (SSSR count). The van der Waals surface area contributed by atoms with Gasteiger partial charge in [-0.15, -0.1) is 0 Å². The molecule has 0 radical (unpaired) electrons. The fraction of sp³-hybridized carbons (Fsp3) is 0.471. The lowest BCUT2D eigenvalue weighted by atomic mass is 9.98. The van der Waals surface area contributed by atoms with E-state index in [1.807, 2.05) is 6.92 Å². The molecule has 2 atom stereocenters. The molecule has 0 unspecified atom stereocenters. The van der Waals surface area contributed by atoms with Crippen LogP contribution >= 0.6 is 0 Å². The molecule has 26 heavy (non-hydrogen) atoms. The lowest BCUT2D eigenvalue weighted by Crippen LogP contribution is -2.47. The van der Waals surface area contributed by atoms with E-state index in [9.17, 15) is 12.8 Å². The van der Waals surface area contributed by atoms with Gasteiger partial charge in [0.15, 0.2) is 11.6 Å². The number of halogens is 1. The third-order valence-corrected chi connectivity index (χ3v) is 4.92. The zero-order valence-corrected chi connectivity index (χ0v) is 15.5. The summed E-state index contributed by atoms with van der Waals surface area (Å²) in [4.78, 5) is 0. The summed E-state index contributed by atoms with van der Waals surface area (Å²) in [7, 11) is -3.33. The Kier molecular flexibility index (Phi) is 5.59. The second kappa shape index (κ2) is 7.73. The Morgan fingerprint density at radius 3 is 2.92 bits per heavy atom. The lowest BCUT2D eigenvalue weighted by Gasteiger charge is -2.31. The van der Waals surface area contributed by atoms with Crippen LogP contribution in [-0.4, -0.2) is 50.3 Å². The first-order chi connectivity index (χ1) is 12.3. The van der Waals surface area contributed by atoms with Gasteiger partial charge in [-0.2, -0.15) is 5.10 Å². The fourth-order valence-corrected chi connectivity index (χ4v) is 3.75. The van der Waals surface area contributed by atoms with E-state index in [-0.39, 0.29) is 24.3 Å². The Hall–Kier alpha value is -1.97. The topological polar surface area (TPSA) is 82.4 Å². The third kappa shape index (κ3) is 4.80. The predicted octanol–water partition coefficient (Wildman–Crippen LogP) is 1.65. The minimum absolute atomic E-state index is 0.112. The van der Waals surface area contributed by atoms with Crippen LogP contribution in [0, 0.1) is 18.7 Å². The number of rotatable bonds is 6. The first-order valence-electron chi connectivity index (χ1n) is 8.31. The van der Waals surface area contributed by atoms with Crippen LogP contribution in [0.5, 0.6) is 5.75 Å². The number of nitrogens with one attached hydrogen (secondary N) is 1. The smallest absolute Gasteiger partial charge is 0.208 e. The van der Waals surface area contributed by atoms with Crippen molar-refractivity contribution in [3.05, 3.63) is 42.0 Å². The monoisotopic (exact) mass is 383 g/mol. The van der Waals surface area contributed by atoms with E-state index in [0.29, 0.717) is 25.3 Å². The average Bonchev–Trinajstić information content (AvgIpc) is 3.00. The van der Waals surface area contributed by atoms with Crippen molar-refractivity contribution in [2.24, 2.45) is 5.92 Å². The van der Waals surface area contributed by atoms with E-state index in [4.69, 9.17) is 9.47 Å². The van der Waals surface area contributed by atoms with Gasteiger partial charge in [-0.3, -0.25) is 0 Å². The molecule has 0 bridgehead atoms. The summed E-state index contributed by atoms with van der Waals surface area (Å²) < 4.78 is 52.5. The van der Waals surface area contributed by atoms with Crippen LogP contribution in [0.4, 0.5) is 4.39 Å². The zero-order chi connectivity index (χ0) is 18.7. The maximum atomic E-state index is 14.4. The van der Waals surface area contributed by atoms with E-state index >= 15 is 0 Å². The zero-order valence-electron chi connectivity index (χ0n) is 14.7. The summed E-state index contributed by atoms with van der Waals surface area (Å²) in [6, 6.07) is 4.33. The predicted molar refractivity (Wildman–Crippen MR) is 94.4 cm³/mol. The Bertz CT molecular complexity index is 869. The number of aryl methyl sites for hydroxylation is 1. The largest absolute Gasteiger partial charge is 0.490 e. The van der Waals surface area contributed by atoms with Gasteiger partial charge in [0.2, 0.25) is 10.0 Å². The Morgan fingerprint density at radius 2 is 2.27 bits per heavy atom. The molecule has 0 saturated carbocycles. The number of sulfonamides is 1. The molecule has 7 nitrogen and oxygen atoms in total. The molecule has 1 N–H and O–H groups in total. The van der Waals surface area contributed by atoms with Crippen LogP contribution in [-0.2, 0) is 14.8 Å². The van der Waals surface area contributed by atoms with E-state index in [2.05, 4.69) is 9.82 Å². The molecule has 142 valence electrons. The second-order valence-corrected chi connectivity index (χ2v) is 8.29. The molecule has 1 fully saturated rings. The van der Waals surface area contributed by atoms with Crippen LogP contribution < -0.4 is 9.46 Å². The van der Waals surface area contributed by atoms with E-state index in [1.165, 1.54) is 6.07 Å². The molecule has 1 aliphatic rings. The lowest BCUT2D eigenvalue weighted by molar-refractivity contribution is 0.0181. The molecule has 0 aliphatic carbocycles. The van der Waals surface area contributed by atoms with Gasteiger partial charge in [0.25, 0.3) is 0 Å². The summed E-state index contributed by atoms with van der Waals surface area (Å²) >= 11 is 0. The molecular formula is C17H22FN3O4S. The van der Waals surface area contributed by atoms with Crippen molar-refractivity contribution in [1.82, 2.24) is 14.5 Å². The van der Waals surface area contributed by atoms with E-state index in [1.54, 1.807) is 29.2 Å². The highest BCUT2D eigenvalue weighted by atomic mass is 32.2. The van der Waals surface area contributed by atoms with Crippen molar-refractivity contribution >= 4 is 10.0 Å². The quantitative estimate of drug-likeness (QED) is 0.820. The number of ether oxygens (including phenoxy) is 2. The second-order valence-electron chi connectivity index (χ2n) is 6.51. The fourth-order valence-electron chi connectivity index (χ4n) is 2.89. The molecule has 0 spiro atoms. The first kappa shape index (κ1) is 18.8. The van der Waals surface area contributed by atoms with Crippen molar-refractivity contribution in [2.45, 2.75) is 19.4 Å². The van der Waals surface area contributed by atoms with Gasteiger partial charge >= 0.3 is 0 Å². The van der Waals surface area contributed by atoms with E-state index in [0.717, 1.165) is 11.8 Å². The van der Waals surface area contributed by atoms with Crippen molar-refractivity contribution in [3.63, 3.8) is 0 Å². The summed E-state index contributed by atoms with van der Waals surface area (Å²) in [6.45, 7) is 2.91. The van der Waals surface area contributed by atoms with Gasteiger partial charge in [0.1, 0.15) is 0 Å². The van der Waals surface area contributed by atoms with Gasteiger partial charge < -0.3 is 9.47 Å². The van der Waals surface area contributed by atoms with Gasteiger partial charge in [-0.1, -0.05) is 0 Å². The van der Waals surface area contributed by atoms with Crippen molar-refractivity contribution in [3.8, 4) is 11.4 Å². The Balaban J connectivity index is 1.66. The molecule has 2 heterocycles. The SMILES string of the molecule is Cc1cnn(-c2ccc(OC[C@H]3COCC[C@@H]3NS(C)(=O)=O)c(F)c2)c1. The molecule has 1 saturated heterocycles. The van der Waals surface area contributed by atoms with Gasteiger partial charge in [0.05, 0.1) is 31.4 Å². The highest BCUT2D eigenvalue weighted by Crippen LogP contribution is 2.23. The maximum Gasteiger partial charge on any atom is 0.208 e. The minimum Gasteiger partial charge on any atom is -0.490 e. The molecule has 2 aromatic rings. The summed E-state index contributed by atoms with van der Waals surface area (Å²) in [6.07, 6.45) is 5.17. The molecule has 1 aromatic carbocycles.